The zero-order valence-corrected chi connectivity index (χ0v) is 21.5. The Labute approximate surface area is 202 Å². The lowest BCUT2D eigenvalue weighted by atomic mass is 9.96. The Bertz CT molecular complexity index is 1220. The summed E-state index contributed by atoms with van der Waals surface area (Å²) in [5, 5.41) is 9.20. The van der Waals surface area contributed by atoms with Gasteiger partial charge in [-0.1, -0.05) is 44.7 Å². The lowest BCUT2D eigenvalue weighted by Gasteiger charge is -2.22. The summed E-state index contributed by atoms with van der Waals surface area (Å²) in [4.78, 5) is 9.61. The summed E-state index contributed by atoms with van der Waals surface area (Å²) in [7, 11) is -3.60. The number of hydrogen-bond donors (Lipinski definition) is 2. The van der Waals surface area contributed by atoms with Gasteiger partial charge in [-0.3, -0.25) is 0 Å². The van der Waals surface area contributed by atoms with Gasteiger partial charge in [0.05, 0.1) is 16.3 Å². The fourth-order valence-electron chi connectivity index (χ4n) is 4.43. The van der Waals surface area contributed by atoms with Crippen LogP contribution in [0, 0.1) is 0 Å². The van der Waals surface area contributed by atoms with Crippen LogP contribution in [0.15, 0.2) is 35.4 Å². The van der Waals surface area contributed by atoms with E-state index in [-0.39, 0.29) is 4.90 Å². The smallest absolute Gasteiger partial charge is 0.241 e. The van der Waals surface area contributed by atoms with Crippen LogP contribution in [0.1, 0.15) is 78.7 Å². The van der Waals surface area contributed by atoms with Crippen molar-refractivity contribution in [2.45, 2.75) is 89.1 Å². The second-order valence-corrected chi connectivity index (χ2v) is 11.9. The van der Waals surface area contributed by atoms with Crippen LogP contribution in [0.25, 0.3) is 22.3 Å². The first kappa shape index (κ1) is 24.6. The monoisotopic (exact) mass is 484 g/mol. The van der Waals surface area contributed by atoms with E-state index >= 15 is 0 Å². The van der Waals surface area contributed by atoms with Crippen molar-refractivity contribution in [2.24, 2.45) is 0 Å². The van der Waals surface area contributed by atoms with Gasteiger partial charge in [0, 0.05) is 23.8 Å². The molecule has 0 atom stereocenters. The topological polar surface area (TPSA) is 102 Å². The largest absolute Gasteiger partial charge is 0.354 e. The molecule has 0 radical (unpaired) electrons. The van der Waals surface area contributed by atoms with Gasteiger partial charge in [-0.25, -0.2) is 22.8 Å². The van der Waals surface area contributed by atoms with Crippen molar-refractivity contribution >= 4 is 27.0 Å². The fraction of sp³-hybridized carbons (Fsp3) is 0.560. The van der Waals surface area contributed by atoms with Crippen LogP contribution in [-0.4, -0.2) is 40.2 Å². The van der Waals surface area contributed by atoms with Gasteiger partial charge in [-0.05, 0) is 52.2 Å². The summed E-state index contributed by atoms with van der Waals surface area (Å²) in [5.41, 5.74) is 1.92. The Hall–Kier alpha value is -2.52. The Morgan fingerprint density at radius 2 is 1.79 bits per heavy atom. The molecule has 0 amide bonds. The highest BCUT2D eigenvalue weighted by atomic mass is 32.2. The van der Waals surface area contributed by atoms with Gasteiger partial charge in [0.2, 0.25) is 16.0 Å². The quantitative estimate of drug-likeness (QED) is 0.421. The van der Waals surface area contributed by atoms with Crippen LogP contribution >= 0.6 is 0 Å². The average molecular weight is 485 g/mol. The molecule has 1 aliphatic rings. The highest BCUT2D eigenvalue weighted by molar-refractivity contribution is 7.89. The number of nitrogens with one attached hydrogen (secondary N) is 2. The first-order valence-electron chi connectivity index (χ1n) is 12.3. The average Bonchev–Trinajstić information content (AvgIpc) is 3.17. The second-order valence-electron chi connectivity index (χ2n) is 10.2. The highest BCUT2D eigenvalue weighted by Gasteiger charge is 2.24. The number of hydrogen-bond acceptors (Lipinski definition) is 6. The predicted octanol–water partition coefficient (Wildman–Crippen LogP) is 5.29. The summed E-state index contributed by atoms with van der Waals surface area (Å²) in [5.74, 6) is 0.624. The van der Waals surface area contributed by atoms with Gasteiger partial charge in [0.15, 0.2) is 5.65 Å². The number of benzene rings is 1. The molecule has 4 rings (SSSR count). The van der Waals surface area contributed by atoms with Gasteiger partial charge < -0.3 is 5.32 Å². The Balaban J connectivity index is 1.72. The van der Waals surface area contributed by atoms with Crippen molar-refractivity contribution in [3.63, 3.8) is 0 Å². The van der Waals surface area contributed by atoms with E-state index in [1.807, 2.05) is 39.1 Å². The summed E-state index contributed by atoms with van der Waals surface area (Å²) in [6, 6.07) is 7.22. The van der Waals surface area contributed by atoms with E-state index in [9.17, 15) is 8.42 Å². The van der Waals surface area contributed by atoms with Crippen LogP contribution in [0.4, 0.5) is 5.95 Å². The van der Waals surface area contributed by atoms with Crippen molar-refractivity contribution in [1.29, 1.82) is 0 Å². The maximum Gasteiger partial charge on any atom is 0.241 e. The van der Waals surface area contributed by atoms with Crippen molar-refractivity contribution in [1.82, 2.24) is 24.5 Å². The summed E-state index contributed by atoms with van der Waals surface area (Å²) in [6.45, 7) is 8.48. The molecule has 34 heavy (non-hydrogen) atoms. The third-order valence-electron chi connectivity index (χ3n) is 6.06. The number of aromatic nitrogens is 4. The molecule has 2 heterocycles. The van der Waals surface area contributed by atoms with Gasteiger partial charge >= 0.3 is 0 Å². The van der Waals surface area contributed by atoms with Crippen LogP contribution < -0.4 is 10.0 Å². The molecule has 2 N–H and O–H groups in total. The molecule has 8 nitrogen and oxygen atoms in total. The SMILES string of the molecule is CCCCNc1ncc2c(-c3ccc(S(=O)(=O)NC(C)(C)C)cc3)nn(C3CCCCC3)c2n1. The molecule has 1 fully saturated rings. The van der Waals surface area contributed by atoms with Crippen LogP contribution in [0.2, 0.25) is 0 Å². The fourth-order valence-corrected chi connectivity index (χ4v) is 5.85. The molecular formula is C25H36N6O2S. The standard InChI is InChI=1S/C25H36N6O2S/c1-5-6-16-26-24-27-17-21-22(29-31(23(21)28-24)19-10-8-7-9-11-19)18-12-14-20(15-13-18)34(32,33)30-25(2,3)4/h12-15,17,19,30H,5-11,16H2,1-4H3,(H,26,27,28). The summed E-state index contributed by atoms with van der Waals surface area (Å²) in [6.07, 6.45) is 9.85. The summed E-state index contributed by atoms with van der Waals surface area (Å²) >= 11 is 0. The number of unbranched alkanes of at least 4 members (excludes halogenated alkanes) is 1. The Kier molecular flexibility index (Phi) is 7.23. The maximum absolute atomic E-state index is 12.7. The van der Waals surface area contributed by atoms with Crippen molar-refractivity contribution in [3.8, 4) is 11.3 Å². The van der Waals surface area contributed by atoms with Gasteiger partial charge in [0.25, 0.3) is 0 Å². The number of anilines is 1. The maximum atomic E-state index is 12.7. The molecule has 1 aliphatic carbocycles. The second kappa shape index (κ2) is 10.00. The molecule has 184 valence electrons. The lowest BCUT2D eigenvalue weighted by molar-refractivity contribution is 0.336. The predicted molar refractivity (Wildman–Crippen MR) is 136 cm³/mol. The van der Waals surface area contributed by atoms with E-state index in [2.05, 4.69) is 26.6 Å². The van der Waals surface area contributed by atoms with Crippen molar-refractivity contribution in [3.05, 3.63) is 30.5 Å². The normalized spacial score (nSPS) is 15.6. The minimum atomic E-state index is -3.60. The molecule has 0 bridgehead atoms. The van der Waals surface area contributed by atoms with E-state index in [1.54, 1.807) is 12.1 Å². The molecule has 0 unspecified atom stereocenters. The summed E-state index contributed by atoms with van der Waals surface area (Å²) < 4.78 is 30.2. The highest BCUT2D eigenvalue weighted by Crippen LogP contribution is 2.34. The first-order valence-corrected chi connectivity index (χ1v) is 13.8. The Morgan fingerprint density at radius 3 is 2.44 bits per heavy atom. The minimum absolute atomic E-state index is 0.237. The first-order chi connectivity index (χ1) is 16.2. The molecule has 0 saturated heterocycles. The molecule has 9 heteroatoms. The number of rotatable bonds is 8. The number of sulfonamides is 1. The van der Waals surface area contributed by atoms with Crippen LogP contribution in [0.3, 0.4) is 0 Å². The van der Waals surface area contributed by atoms with E-state index in [4.69, 9.17) is 10.1 Å². The zero-order chi connectivity index (χ0) is 24.3. The number of nitrogens with zero attached hydrogens (tertiary/aromatic N) is 4. The van der Waals surface area contributed by atoms with E-state index in [0.29, 0.717) is 12.0 Å². The molecule has 1 saturated carbocycles. The van der Waals surface area contributed by atoms with Crippen LogP contribution in [-0.2, 0) is 10.0 Å². The van der Waals surface area contributed by atoms with Gasteiger partial charge in [-0.2, -0.15) is 10.1 Å². The molecule has 2 aromatic heterocycles. The van der Waals surface area contributed by atoms with Crippen LogP contribution in [0.5, 0.6) is 0 Å². The Morgan fingerprint density at radius 1 is 1.09 bits per heavy atom. The number of fused-ring (bicyclic) bond motifs is 1. The van der Waals surface area contributed by atoms with E-state index in [1.165, 1.54) is 19.3 Å². The third-order valence-corrected chi connectivity index (χ3v) is 7.83. The van der Waals surface area contributed by atoms with E-state index in [0.717, 1.165) is 54.5 Å². The molecule has 0 spiro atoms. The molecule has 3 aromatic rings. The van der Waals surface area contributed by atoms with Crippen molar-refractivity contribution in [2.75, 3.05) is 11.9 Å². The minimum Gasteiger partial charge on any atom is -0.354 e. The van der Waals surface area contributed by atoms with E-state index < -0.39 is 15.6 Å². The van der Waals surface area contributed by atoms with Crippen molar-refractivity contribution < 1.29 is 8.42 Å². The third kappa shape index (κ3) is 5.58. The van der Waals surface area contributed by atoms with Gasteiger partial charge in [-0.15, -0.1) is 0 Å². The van der Waals surface area contributed by atoms with Gasteiger partial charge in [0.1, 0.15) is 5.69 Å². The zero-order valence-electron chi connectivity index (χ0n) is 20.6. The lowest BCUT2D eigenvalue weighted by Crippen LogP contribution is -2.40. The molecular weight excluding hydrogens is 448 g/mol. The molecule has 1 aromatic carbocycles. The molecule has 0 aliphatic heterocycles.